The second-order valence-electron chi connectivity index (χ2n) is 3.96. The van der Waals surface area contributed by atoms with Crippen LogP contribution in [0.25, 0.3) is 5.57 Å². The third kappa shape index (κ3) is 6.02. The topological polar surface area (TPSA) is 3.24 Å². The zero-order chi connectivity index (χ0) is 14.1. The predicted octanol–water partition coefficient (Wildman–Crippen LogP) is 5.45. The number of rotatable bonds is 8. The van der Waals surface area contributed by atoms with Crippen LogP contribution in [0.4, 0.5) is 0 Å². The van der Waals surface area contributed by atoms with Gasteiger partial charge in [-0.2, -0.15) is 0 Å². The molecule has 0 heterocycles. The second-order valence-corrected chi connectivity index (χ2v) is 7.06. The molecule has 1 rings (SSSR count). The van der Waals surface area contributed by atoms with E-state index in [4.69, 9.17) is 12.2 Å². The summed E-state index contributed by atoms with van der Waals surface area (Å²) in [6, 6.07) is 10.3. The summed E-state index contributed by atoms with van der Waals surface area (Å²) in [6.45, 7) is 8.46. The molecule has 19 heavy (non-hydrogen) atoms. The SMILES string of the molecule is C=C(CCC(=S)N(SCC)SCC)c1ccccc1. The molecule has 0 spiro atoms. The zero-order valence-electron chi connectivity index (χ0n) is 11.6. The minimum absolute atomic E-state index is 0.892. The van der Waals surface area contributed by atoms with Crippen LogP contribution < -0.4 is 0 Å². The molecule has 4 heteroatoms. The third-order valence-corrected chi connectivity index (χ3v) is 5.20. The van der Waals surface area contributed by atoms with E-state index in [1.165, 1.54) is 5.56 Å². The molecule has 0 aromatic heterocycles. The van der Waals surface area contributed by atoms with Crippen LogP contribution in [0, 0.1) is 0 Å². The van der Waals surface area contributed by atoms with Crippen molar-refractivity contribution in [1.82, 2.24) is 3.71 Å². The summed E-state index contributed by atoms with van der Waals surface area (Å²) < 4.78 is 2.17. The molecular weight excluding hydrogens is 290 g/mol. The van der Waals surface area contributed by atoms with Crippen molar-refractivity contribution in [2.45, 2.75) is 26.7 Å². The molecule has 1 aromatic rings. The molecule has 0 aliphatic carbocycles. The fourth-order valence-corrected chi connectivity index (χ4v) is 3.87. The number of hydrogen-bond donors (Lipinski definition) is 0. The van der Waals surface area contributed by atoms with E-state index in [9.17, 15) is 0 Å². The lowest BCUT2D eigenvalue weighted by Crippen LogP contribution is -2.15. The maximum absolute atomic E-state index is 5.52. The maximum atomic E-state index is 5.52. The fourth-order valence-electron chi connectivity index (χ4n) is 1.58. The molecule has 0 saturated heterocycles. The predicted molar refractivity (Wildman–Crippen MR) is 95.4 cm³/mol. The van der Waals surface area contributed by atoms with Crippen molar-refractivity contribution in [2.24, 2.45) is 0 Å². The summed E-state index contributed by atoms with van der Waals surface area (Å²) in [7, 11) is 0. The lowest BCUT2D eigenvalue weighted by Gasteiger charge is -2.21. The van der Waals surface area contributed by atoms with Gasteiger partial charge >= 0.3 is 0 Å². The molecule has 0 radical (unpaired) electrons. The monoisotopic (exact) mass is 311 g/mol. The van der Waals surface area contributed by atoms with E-state index in [2.05, 4.69) is 36.3 Å². The van der Waals surface area contributed by atoms with Gasteiger partial charge in [-0.1, -0.05) is 63.0 Å². The molecule has 104 valence electrons. The maximum Gasteiger partial charge on any atom is 0.0997 e. The fraction of sp³-hybridized carbons (Fsp3) is 0.400. The Morgan fingerprint density at radius 3 is 2.21 bits per heavy atom. The molecule has 0 amide bonds. The first-order chi connectivity index (χ1) is 9.19. The van der Waals surface area contributed by atoms with Crippen LogP contribution in [0.2, 0.25) is 0 Å². The molecule has 0 saturated carbocycles. The lowest BCUT2D eigenvalue weighted by atomic mass is 10.0. The first-order valence-corrected chi connectivity index (χ1v) is 8.80. The Labute approximate surface area is 131 Å². The standard InChI is InChI=1S/C15H21NS3/c1-4-18-16(19-5-2)15(17)12-11-13(3)14-9-7-6-8-10-14/h6-10H,3-5,11-12H2,1-2H3. The Kier molecular flexibility index (Phi) is 8.26. The van der Waals surface area contributed by atoms with Crippen LogP contribution in [0.3, 0.4) is 0 Å². The van der Waals surface area contributed by atoms with Gasteiger partial charge in [0.25, 0.3) is 0 Å². The summed E-state index contributed by atoms with van der Waals surface area (Å²) in [5.74, 6) is 2.10. The highest BCUT2D eigenvalue weighted by molar-refractivity contribution is 8.13. The van der Waals surface area contributed by atoms with E-state index < -0.39 is 0 Å². The van der Waals surface area contributed by atoms with E-state index in [0.717, 1.165) is 34.9 Å². The van der Waals surface area contributed by atoms with Gasteiger partial charge in [-0.25, -0.2) is 0 Å². The third-order valence-electron chi connectivity index (χ3n) is 2.52. The number of allylic oxidation sites excluding steroid dienone is 1. The van der Waals surface area contributed by atoms with Gasteiger partial charge in [-0.05, 0) is 41.5 Å². The van der Waals surface area contributed by atoms with Crippen molar-refractivity contribution < 1.29 is 0 Å². The van der Waals surface area contributed by atoms with E-state index in [1.54, 1.807) is 23.9 Å². The summed E-state index contributed by atoms with van der Waals surface area (Å²) in [5, 5.41) is 0. The number of nitrogens with zero attached hydrogens (tertiary/aromatic N) is 1. The van der Waals surface area contributed by atoms with Gasteiger partial charge in [-0.15, -0.1) is 0 Å². The molecule has 0 N–H and O–H groups in total. The van der Waals surface area contributed by atoms with E-state index in [1.807, 2.05) is 18.2 Å². The highest BCUT2D eigenvalue weighted by Gasteiger charge is 2.10. The summed E-state index contributed by atoms with van der Waals surface area (Å²) in [5.41, 5.74) is 2.37. The van der Waals surface area contributed by atoms with Crippen LogP contribution in [-0.4, -0.2) is 20.2 Å². The minimum atomic E-state index is 0.892. The molecule has 1 nitrogen and oxygen atoms in total. The average Bonchev–Trinajstić information content (AvgIpc) is 2.45. The van der Waals surface area contributed by atoms with Crippen LogP contribution in [0.15, 0.2) is 36.9 Å². The van der Waals surface area contributed by atoms with Crippen molar-refractivity contribution in [3.8, 4) is 0 Å². The van der Waals surface area contributed by atoms with Crippen molar-refractivity contribution in [3.63, 3.8) is 0 Å². The van der Waals surface area contributed by atoms with Crippen LogP contribution in [-0.2, 0) is 0 Å². The summed E-state index contributed by atoms with van der Waals surface area (Å²) in [6.07, 6.45) is 1.82. The lowest BCUT2D eigenvalue weighted by molar-refractivity contribution is 1.02. The largest absolute Gasteiger partial charge is 0.252 e. The van der Waals surface area contributed by atoms with Gasteiger partial charge in [0.05, 0.1) is 4.99 Å². The molecule has 0 aliphatic rings. The van der Waals surface area contributed by atoms with E-state index in [0.29, 0.717) is 0 Å². The van der Waals surface area contributed by atoms with Crippen LogP contribution >= 0.6 is 36.1 Å². The molecule has 0 fully saturated rings. The Morgan fingerprint density at radius 1 is 1.11 bits per heavy atom. The average molecular weight is 312 g/mol. The van der Waals surface area contributed by atoms with Crippen molar-refractivity contribution >= 4 is 46.7 Å². The number of benzene rings is 1. The minimum Gasteiger partial charge on any atom is -0.252 e. The molecule has 0 unspecified atom stereocenters. The van der Waals surface area contributed by atoms with Crippen molar-refractivity contribution in [2.75, 3.05) is 11.5 Å². The van der Waals surface area contributed by atoms with Crippen molar-refractivity contribution in [1.29, 1.82) is 0 Å². The molecule has 1 aromatic carbocycles. The highest BCUT2D eigenvalue weighted by atomic mass is 32.2. The Morgan fingerprint density at radius 2 is 1.68 bits per heavy atom. The normalized spacial score (nSPS) is 10.2. The van der Waals surface area contributed by atoms with Gasteiger partial charge in [0.15, 0.2) is 0 Å². The van der Waals surface area contributed by atoms with E-state index in [-0.39, 0.29) is 0 Å². The molecule has 0 bridgehead atoms. The van der Waals surface area contributed by atoms with Gasteiger partial charge in [0, 0.05) is 17.9 Å². The first kappa shape index (κ1) is 16.6. The van der Waals surface area contributed by atoms with Gasteiger partial charge in [0.1, 0.15) is 0 Å². The number of thiocarbonyl (C=S) groups is 1. The first-order valence-electron chi connectivity index (χ1n) is 6.51. The summed E-state index contributed by atoms with van der Waals surface area (Å²) >= 11 is 9.08. The Balaban J connectivity index is 2.46. The van der Waals surface area contributed by atoms with Crippen molar-refractivity contribution in [3.05, 3.63) is 42.5 Å². The molecule has 0 aliphatic heterocycles. The Bertz CT molecular complexity index is 397. The zero-order valence-corrected chi connectivity index (χ0v) is 14.0. The van der Waals surface area contributed by atoms with Gasteiger partial charge < -0.3 is 0 Å². The van der Waals surface area contributed by atoms with Gasteiger partial charge in [-0.3, -0.25) is 3.71 Å². The van der Waals surface area contributed by atoms with Crippen LogP contribution in [0.5, 0.6) is 0 Å². The van der Waals surface area contributed by atoms with Crippen LogP contribution in [0.1, 0.15) is 32.3 Å². The smallest absolute Gasteiger partial charge is 0.0997 e. The van der Waals surface area contributed by atoms with Gasteiger partial charge in [0.2, 0.25) is 0 Å². The highest BCUT2D eigenvalue weighted by Crippen LogP contribution is 2.26. The quantitative estimate of drug-likeness (QED) is 0.464. The number of hydrogen-bond acceptors (Lipinski definition) is 3. The van der Waals surface area contributed by atoms with E-state index >= 15 is 0 Å². The molecular formula is C15H21NS3. The Hall–Kier alpha value is -0.450. The molecule has 0 atom stereocenters. The second kappa shape index (κ2) is 9.45. The summed E-state index contributed by atoms with van der Waals surface area (Å²) in [4.78, 5) is 1.01.